The Morgan fingerprint density at radius 2 is 1.91 bits per heavy atom. The van der Waals surface area contributed by atoms with Gasteiger partial charge in [0.1, 0.15) is 11.6 Å². The fourth-order valence-corrected chi connectivity index (χ4v) is 2.31. The van der Waals surface area contributed by atoms with Crippen molar-refractivity contribution in [1.29, 1.82) is 0 Å². The van der Waals surface area contributed by atoms with E-state index in [0.717, 1.165) is 11.8 Å². The first kappa shape index (κ1) is 16.0. The largest absolute Gasteiger partial charge is 0.507 e. The number of carbonyl (C=O) groups excluding carboxylic acids is 1. The minimum Gasteiger partial charge on any atom is -0.507 e. The van der Waals surface area contributed by atoms with Crippen molar-refractivity contribution >= 4 is 11.5 Å². The summed E-state index contributed by atoms with van der Waals surface area (Å²) in [5.74, 6) is -1.19. The molecule has 0 spiro atoms. The summed E-state index contributed by atoms with van der Waals surface area (Å²) in [6.45, 7) is 1.72. The van der Waals surface area contributed by atoms with E-state index in [2.05, 4.69) is 0 Å². The number of carbonyl (C=O) groups is 1. The molecule has 0 unspecified atom stereocenters. The zero-order valence-corrected chi connectivity index (χ0v) is 12.3. The Hall–Kier alpha value is -2.40. The maximum Gasteiger partial charge on any atom is 0.163 e. The first-order chi connectivity index (χ1) is 10.5. The Balaban J connectivity index is 2.36. The average Bonchev–Trinajstić information content (AvgIpc) is 2.50. The van der Waals surface area contributed by atoms with Crippen LogP contribution in [0.2, 0.25) is 0 Å². The van der Waals surface area contributed by atoms with E-state index < -0.39 is 11.6 Å². The Bertz CT molecular complexity index is 658. The molecule has 0 aliphatic carbocycles. The number of rotatable bonds is 6. The highest BCUT2D eigenvalue weighted by atomic mass is 19.1. The molecule has 0 atom stereocenters. The maximum absolute atomic E-state index is 13.7. The lowest BCUT2D eigenvalue weighted by atomic mass is 10.0. The van der Waals surface area contributed by atoms with Crippen LogP contribution in [0.3, 0.4) is 0 Å². The number of Topliss-reactive ketones (excluding diaryl/α,β-unsaturated/α-hetero) is 1. The molecule has 22 heavy (non-hydrogen) atoms. The molecule has 2 aromatic rings. The molecule has 4 nitrogen and oxygen atoms in total. The second-order valence-corrected chi connectivity index (χ2v) is 5.00. The number of anilines is 1. The van der Waals surface area contributed by atoms with E-state index >= 15 is 0 Å². The summed E-state index contributed by atoms with van der Waals surface area (Å²) < 4.78 is 13.7. The van der Waals surface area contributed by atoms with Gasteiger partial charge in [-0.15, -0.1) is 0 Å². The van der Waals surface area contributed by atoms with Crippen LogP contribution in [0.15, 0.2) is 42.5 Å². The van der Waals surface area contributed by atoms with Gasteiger partial charge in [0.25, 0.3) is 0 Å². The SMILES string of the molecule is CC(=O)c1cc(F)cc(CN(CCO)c2ccccc2)c1O. The molecular formula is C17H18FNO3. The van der Waals surface area contributed by atoms with Crippen LogP contribution in [-0.4, -0.2) is 29.1 Å². The highest BCUT2D eigenvalue weighted by Gasteiger charge is 2.16. The number of benzene rings is 2. The van der Waals surface area contributed by atoms with E-state index in [1.54, 1.807) is 4.90 Å². The smallest absolute Gasteiger partial charge is 0.163 e. The highest BCUT2D eigenvalue weighted by Crippen LogP contribution is 2.27. The van der Waals surface area contributed by atoms with Crippen molar-refractivity contribution in [2.45, 2.75) is 13.5 Å². The number of hydrogen-bond acceptors (Lipinski definition) is 4. The number of ketones is 1. The lowest BCUT2D eigenvalue weighted by molar-refractivity contribution is 0.101. The molecule has 0 heterocycles. The number of nitrogens with zero attached hydrogens (tertiary/aromatic N) is 1. The summed E-state index contributed by atoms with van der Waals surface area (Å²) in [7, 11) is 0. The number of halogens is 1. The summed E-state index contributed by atoms with van der Waals surface area (Å²) in [6.07, 6.45) is 0. The fraction of sp³-hybridized carbons (Fsp3) is 0.235. The molecule has 0 fully saturated rings. The van der Waals surface area contributed by atoms with Crippen LogP contribution in [0, 0.1) is 5.82 Å². The predicted octanol–water partition coefficient (Wildman–Crippen LogP) is 2.73. The number of aromatic hydroxyl groups is 1. The quantitative estimate of drug-likeness (QED) is 0.806. The van der Waals surface area contributed by atoms with E-state index in [-0.39, 0.29) is 24.5 Å². The van der Waals surface area contributed by atoms with Crippen molar-refractivity contribution in [2.24, 2.45) is 0 Å². The van der Waals surface area contributed by atoms with Crippen molar-refractivity contribution in [3.05, 3.63) is 59.4 Å². The van der Waals surface area contributed by atoms with Crippen molar-refractivity contribution in [2.75, 3.05) is 18.1 Å². The minimum atomic E-state index is -0.574. The normalized spacial score (nSPS) is 10.5. The van der Waals surface area contributed by atoms with Crippen molar-refractivity contribution < 1.29 is 19.4 Å². The van der Waals surface area contributed by atoms with Crippen LogP contribution >= 0.6 is 0 Å². The molecule has 0 radical (unpaired) electrons. The van der Waals surface area contributed by atoms with Crippen LogP contribution in [0.4, 0.5) is 10.1 Å². The van der Waals surface area contributed by atoms with Crippen LogP contribution in [0.25, 0.3) is 0 Å². The van der Waals surface area contributed by atoms with Crippen LogP contribution in [0.5, 0.6) is 5.75 Å². The Labute approximate surface area is 128 Å². The first-order valence-corrected chi connectivity index (χ1v) is 6.96. The minimum absolute atomic E-state index is 0.0352. The molecule has 0 amide bonds. The van der Waals surface area contributed by atoms with Gasteiger partial charge in [0.15, 0.2) is 5.78 Å². The Morgan fingerprint density at radius 3 is 2.50 bits per heavy atom. The zero-order valence-electron chi connectivity index (χ0n) is 12.3. The Morgan fingerprint density at radius 1 is 1.23 bits per heavy atom. The molecule has 0 saturated heterocycles. The lowest BCUT2D eigenvalue weighted by Gasteiger charge is -2.24. The number of phenols is 1. The van der Waals surface area contributed by atoms with Gasteiger partial charge in [-0.25, -0.2) is 4.39 Å². The molecule has 0 bridgehead atoms. The van der Waals surface area contributed by atoms with Crippen molar-refractivity contribution in [1.82, 2.24) is 0 Å². The third-order valence-corrected chi connectivity index (χ3v) is 3.39. The second-order valence-electron chi connectivity index (χ2n) is 5.00. The van der Waals surface area contributed by atoms with Gasteiger partial charge in [-0.2, -0.15) is 0 Å². The monoisotopic (exact) mass is 303 g/mol. The van der Waals surface area contributed by atoms with Crippen LogP contribution < -0.4 is 4.90 Å². The van der Waals surface area contributed by atoms with Gasteiger partial charge in [-0.05, 0) is 31.2 Å². The van der Waals surface area contributed by atoms with Gasteiger partial charge < -0.3 is 15.1 Å². The second kappa shape index (κ2) is 7.04. The standard InChI is InChI=1S/C17H18FNO3/c1-12(21)16-10-14(18)9-13(17(16)22)11-19(7-8-20)15-5-3-2-4-6-15/h2-6,9-10,20,22H,7-8,11H2,1H3. The molecule has 0 aliphatic rings. The fourth-order valence-electron chi connectivity index (χ4n) is 2.31. The number of hydrogen-bond donors (Lipinski definition) is 2. The third kappa shape index (κ3) is 3.62. The molecular weight excluding hydrogens is 285 g/mol. The van der Waals surface area contributed by atoms with Gasteiger partial charge in [0.05, 0.1) is 12.2 Å². The summed E-state index contributed by atoms with van der Waals surface area (Å²) in [6, 6.07) is 11.5. The van der Waals surface area contributed by atoms with Gasteiger partial charge >= 0.3 is 0 Å². The summed E-state index contributed by atoms with van der Waals surface area (Å²) in [4.78, 5) is 13.3. The number of para-hydroxylation sites is 1. The molecule has 0 aromatic heterocycles. The van der Waals surface area contributed by atoms with Gasteiger partial charge in [0.2, 0.25) is 0 Å². The molecule has 2 rings (SSSR count). The molecule has 2 aromatic carbocycles. The Kier molecular flexibility index (Phi) is 5.12. The lowest BCUT2D eigenvalue weighted by Crippen LogP contribution is -2.26. The average molecular weight is 303 g/mol. The zero-order chi connectivity index (χ0) is 16.1. The van der Waals surface area contributed by atoms with E-state index in [0.29, 0.717) is 12.1 Å². The van der Waals surface area contributed by atoms with Gasteiger partial charge in [0, 0.05) is 24.3 Å². The molecule has 0 saturated carbocycles. The molecule has 2 N–H and O–H groups in total. The summed E-state index contributed by atoms with van der Waals surface area (Å²) in [5, 5.41) is 19.4. The van der Waals surface area contributed by atoms with E-state index in [4.69, 9.17) is 0 Å². The molecule has 116 valence electrons. The maximum atomic E-state index is 13.7. The molecule has 5 heteroatoms. The highest BCUT2D eigenvalue weighted by molar-refractivity contribution is 5.97. The van der Waals surface area contributed by atoms with E-state index in [9.17, 15) is 19.4 Å². The van der Waals surface area contributed by atoms with Crippen molar-refractivity contribution in [3.63, 3.8) is 0 Å². The topological polar surface area (TPSA) is 60.8 Å². The van der Waals surface area contributed by atoms with Gasteiger partial charge in [-0.1, -0.05) is 18.2 Å². The van der Waals surface area contributed by atoms with Crippen LogP contribution in [-0.2, 0) is 6.54 Å². The molecule has 0 aliphatic heterocycles. The number of phenolic OH excluding ortho intramolecular Hbond substituents is 1. The third-order valence-electron chi connectivity index (χ3n) is 3.39. The van der Waals surface area contributed by atoms with Gasteiger partial charge in [-0.3, -0.25) is 4.79 Å². The summed E-state index contributed by atoms with van der Waals surface area (Å²) in [5.41, 5.74) is 1.11. The predicted molar refractivity (Wildman–Crippen MR) is 82.6 cm³/mol. The van der Waals surface area contributed by atoms with Crippen LogP contribution in [0.1, 0.15) is 22.8 Å². The summed E-state index contributed by atoms with van der Waals surface area (Å²) >= 11 is 0. The first-order valence-electron chi connectivity index (χ1n) is 6.96. The van der Waals surface area contributed by atoms with E-state index in [1.807, 2.05) is 30.3 Å². The number of aliphatic hydroxyl groups excluding tert-OH is 1. The van der Waals surface area contributed by atoms with E-state index in [1.165, 1.54) is 13.0 Å². The number of aliphatic hydroxyl groups is 1. The van der Waals surface area contributed by atoms with Crippen molar-refractivity contribution in [3.8, 4) is 5.75 Å².